The molecular formula is C89H87N21O15. The Morgan fingerprint density at radius 1 is 0.224 bits per heavy atom. The van der Waals surface area contributed by atoms with Crippen molar-refractivity contribution in [1.29, 1.82) is 0 Å². The van der Waals surface area contributed by atoms with Crippen LogP contribution < -0.4 is 0 Å². The second-order valence-electron chi connectivity index (χ2n) is 25.2. The van der Waals surface area contributed by atoms with E-state index >= 15 is 0 Å². The van der Waals surface area contributed by atoms with Crippen LogP contribution in [-0.4, -0.2) is 188 Å². The Morgan fingerprint density at radius 3 is 0.768 bits per heavy atom. The van der Waals surface area contributed by atoms with Gasteiger partial charge in [-0.15, -0.1) is 0 Å². The van der Waals surface area contributed by atoms with Crippen LogP contribution in [0.3, 0.4) is 0 Å². The van der Waals surface area contributed by atoms with Crippen LogP contribution in [0.5, 0.6) is 40.2 Å². The minimum absolute atomic E-state index is 0.0280. The van der Waals surface area contributed by atoms with Gasteiger partial charge in [0.25, 0.3) is 0 Å². The molecule has 16 heterocycles. The maximum absolute atomic E-state index is 9.89. The van der Waals surface area contributed by atoms with E-state index < -0.39 is 0 Å². The molecular weight excluding hydrogens is 1600 g/mol. The zero-order chi connectivity index (χ0) is 88.8. The lowest BCUT2D eigenvalue weighted by Crippen LogP contribution is -2.00. The highest BCUT2D eigenvalue weighted by molar-refractivity contribution is 5.73. The van der Waals surface area contributed by atoms with Gasteiger partial charge in [-0.2, -0.15) is 0 Å². The fourth-order valence-electron chi connectivity index (χ4n) is 11.4. The molecule has 0 radical (unpaired) electrons. The summed E-state index contributed by atoms with van der Waals surface area (Å²) in [6.45, 7) is 5.91. The molecule has 0 aromatic carbocycles. The van der Waals surface area contributed by atoms with Gasteiger partial charge >= 0.3 is 0 Å². The minimum Gasteiger partial charge on any atom is -0.506 e. The van der Waals surface area contributed by atoms with Crippen LogP contribution in [0.4, 0.5) is 0 Å². The Balaban J connectivity index is 0.000000162. The molecule has 0 bridgehead atoms. The summed E-state index contributed by atoms with van der Waals surface area (Å²) >= 11 is 0. The smallest absolute Gasteiger partial charge is 0.163 e. The van der Waals surface area contributed by atoms with Crippen LogP contribution in [0.15, 0.2) is 271 Å². The van der Waals surface area contributed by atoms with E-state index in [-0.39, 0.29) is 66.7 Å². The van der Waals surface area contributed by atoms with E-state index in [0.717, 1.165) is 33.6 Å². The molecule has 0 unspecified atom stereocenters. The zero-order valence-electron chi connectivity index (χ0n) is 67.9. The lowest BCUT2D eigenvalue weighted by molar-refractivity contribution is 0.134. The summed E-state index contributed by atoms with van der Waals surface area (Å²) in [5, 5.41) is 105. The maximum atomic E-state index is 9.89. The number of aromatic hydroxyl groups is 7. The quantitative estimate of drug-likeness (QED) is 0.0300. The van der Waals surface area contributed by atoms with Crippen LogP contribution in [-0.2, 0) is 71.8 Å². The van der Waals surface area contributed by atoms with Crippen molar-refractivity contribution in [2.75, 3.05) is 27.4 Å². The molecule has 0 aliphatic carbocycles. The molecule has 16 aromatic heterocycles. The fraction of sp³-hybridized carbons (Fsp3) is 0.157. The average molecular weight is 1690 g/mol. The molecule has 36 nitrogen and oxygen atoms in total. The Kier molecular flexibility index (Phi) is 38.1. The molecule has 125 heavy (non-hydrogen) atoms. The highest BCUT2D eigenvalue weighted by atomic mass is 16.5. The van der Waals surface area contributed by atoms with E-state index in [1.54, 1.807) is 187 Å². The summed E-state index contributed by atoms with van der Waals surface area (Å²) in [6, 6.07) is 26.7. The number of aliphatic hydroxyl groups is 4. The first-order valence-corrected chi connectivity index (χ1v) is 37.9. The summed E-state index contributed by atoms with van der Waals surface area (Å²) in [7, 11) is 3.19. The van der Waals surface area contributed by atoms with Gasteiger partial charge in [0.05, 0.1) is 152 Å². The van der Waals surface area contributed by atoms with Crippen molar-refractivity contribution < 1.29 is 75.1 Å². The topological polar surface area (TPSA) is 530 Å². The monoisotopic (exact) mass is 1690 g/mol. The first kappa shape index (κ1) is 93.2. The second kappa shape index (κ2) is 51.1. The molecule has 16 rings (SSSR count). The van der Waals surface area contributed by atoms with E-state index in [2.05, 4.69) is 105 Å². The number of aromatic nitrogens is 21. The highest BCUT2D eigenvalue weighted by Gasteiger charge is 2.19. The normalized spacial score (nSPS) is 10.3. The molecule has 0 amide bonds. The van der Waals surface area contributed by atoms with Gasteiger partial charge in [0, 0.05) is 214 Å². The van der Waals surface area contributed by atoms with Gasteiger partial charge in [-0.05, 0) is 86.6 Å². The molecule has 0 aliphatic rings. The van der Waals surface area contributed by atoms with Crippen molar-refractivity contribution in [2.24, 2.45) is 0 Å². The summed E-state index contributed by atoms with van der Waals surface area (Å²) in [5.41, 5.74) is 12.3. The van der Waals surface area contributed by atoms with Gasteiger partial charge in [-0.1, -0.05) is 18.2 Å². The van der Waals surface area contributed by atoms with E-state index in [9.17, 15) is 46.0 Å². The molecule has 638 valence electrons. The van der Waals surface area contributed by atoms with E-state index in [4.69, 9.17) is 29.2 Å². The van der Waals surface area contributed by atoms with Crippen LogP contribution in [0.1, 0.15) is 58.4 Å². The van der Waals surface area contributed by atoms with Gasteiger partial charge in [0.2, 0.25) is 0 Å². The summed E-state index contributed by atoms with van der Waals surface area (Å²) in [5.74, 6) is 2.75. The molecule has 0 atom stereocenters. The third-order valence-corrected chi connectivity index (χ3v) is 16.9. The fourth-order valence-corrected chi connectivity index (χ4v) is 11.4. The number of hydrogen-bond donors (Lipinski definition) is 11. The van der Waals surface area contributed by atoms with Gasteiger partial charge in [0.1, 0.15) is 40.2 Å². The molecule has 16 aromatic rings. The van der Waals surface area contributed by atoms with Crippen molar-refractivity contribution in [3.8, 4) is 131 Å². The van der Waals surface area contributed by atoms with Crippen LogP contribution >= 0.6 is 0 Å². The van der Waals surface area contributed by atoms with Gasteiger partial charge in [-0.25, -0.2) is 49.8 Å². The largest absolute Gasteiger partial charge is 0.506 e. The molecule has 11 N–H and O–H groups in total. The van der Waals surface area contributed by atoms with Crippen molar-refractivity contribution in [3.63, 3.8) is 0 Å². The van der Waals surface area contributed by atoms with Gasteiger partial charge in [0.15, 0.2) is 29.1 Å². The standard InChI is InChI=1S/C13H14N2O2.C12H13N3O2.C12H12N2O2.2C11H11N3O2.C11H10N2O2.C10H9N3O2.C9H7N3O/c1-2-17-9-10-7-14-8-12(16)13(10)11-5-3-4-6-15-11;1-2-17-8-9-6-13-7-10(16)11(9)12-14-4-3-5-15-12;1-16-8-9-6-13-7-11(15)12(9)10-4-2-3-5-14-10;1-16-7-8-5-12-6-9(15)10(8)11-13-3-2-4-14-11;15-6-8-4-12-5-9(7-16)10(8)11-13-2-1-3-14-11;14-7-8-5-12-6-10(15)11(8)9-3-1-2-4-13-9;14-6-7-4-11-5-8(15)9(7)10-12-2-1-3-13-10;13-8-6-10-5-2-7(8)9-11-3-1-4-12-9/h3-8,16H,2,9H2,1H3;3-7,16H,2,8H2,1H3;2-7,15H,8H2,1H3;2-6,15H,7H2,1H3;1-5,15-16H,6-7H2;1-6,14-15H,7H2;1-5,14-15H,6H2;1-6,13H. The predicted octanol–water partition coefficient (Wildman–Crippen LogP) is 11.4. The second-order valence-corrected chi connectivity index (χ2v) is 25.2. The molecule has 0 spiro atoms. The Hall–Kier alpha value is -15.7. The number of hydrogen-bond acceptors (Lipinski definition) is 36. The lowest BCUT2D eigenvalue weighted by atomic mass is 10.0. The number of methoxy groups -OCH3 is 2. The van der Waals surface area contributed by atoms with E-state index in [1.807, 2.05) is 56.3 Å². The third kappa shape index (κ3) is 27.4. The summed E-state index contributed by atoms with van der Waals surface area (Å²) in [4.78, 5) is 84.3. The first-order chi connectivity index (χ1) is 61.2. The molecule has 0 saturated heterocycles. The Labute approximate surface area is 716 Å². The maximum Gasteiger partial charge on any atom is 0.163 e. The number of nitrogens with zero attached hydrogens (tertiary/aromatic N) is 21. The zero-order valence-corrected chi connectivity index (χ0v) is 67.9. The molecule has 0 saturated carbocycles. The molecule has 0 fully saturated rings. The SMILES string of the molecule is CCOCc1cncc(O)c1-c1ccccn1.CCOCc1cncc(O)c1-c1ncccn1.COCc1cncc(O)c1-c1ccccn1.COCc1cncc(O)c1-c1ncccn1.OCc1cncc(CO)c1-c1ncccn1.OCc1cncc(O)c1-c1ccccn1.OCc1cncc(O)c1-c1ncccn1.Oc1cnccc1-c1ncccn1. The van der Waals surface area contributed by atoms with Crippen molar-refractivity contribution in [3.05, 3.63) is 315 Å². The summed E-state index contributed by atoms with van der Waals surface area (Å²) < 4.78 is 20.8. The van der Waals surface area contributed by atoms with Crippen molar-refractivity contribution in [2.45, 2.75) is 66.7 Å². The van der Waals surface area contributed by atoms with Gasteiger partial charge < -0.3 is 75.1 Å². The van der Waals surface area contributed by atoms with E-state index in [1.165, 1.54) is 55.8 Å². The van der Waals surface area contributed by atoms with Gasteiger partial charge in [-0.3, -0.25) is 54.8 Å². The van der Waals surface area contributed by atoms with Crippen LogP contribution in [0, 0.1) is 0 Å². The van der Waals surface area contributed by atoms with Crippen LogP contribution in [0.2, 0.25) is 0 Å². The van der Waals surface area contributed by atoms with E-state index in [0.29, 0.717) is 141 Å². The van der Waals surface area contributed by atoms with Crippen molar-refractivity contribution >= 4 is 0 Å². The lowest BCUT2D eigenvalue weighted by Gasteiger charge is -2.10. The number of aliphatic hydroxyl groups excluding tert-OH is 4. The predicted molar refractivity (Wildman–Crippen MR) is 456 cm³/mol. The van der Waals surface area contributed by atoms with Crippen LogP contribution in [0.25, 0.3) is 90.7 Å². The molecule has 36 heteroatoms. The Bertz CT molecular complexity index is 5570. The average Bonchev–Trinajstić information content (AvgIpc) is 0.863. The minimum atomic E-state index is -0.213. The Morgan fingerprint density at radius 2 is 0.464 bits per heavy atom. The number of rotatable bonds is 22. The number of pyridine rings is 11. The summed E-state index contributed by atoms with van der Waals surface area (Å²) in [6.07, 6.45) is 45.1. The number of ether oxygens (including phenoxy) is 4. The molecule has 0 aliphatic heterocycles. The third-order valence-electron chi connectivity index (χ3n) is 16.9. The first-order valence-electron chi connectivity index (χ1n) is 37.9. The highest BCUT2D eigenvalue weighted by Crippen LogP contribution is 2.36. The van der Waals surface area contributed by atoms with Crippen molar-refractivity contribution in [1.82, 2.24) is 105 Å².